The van der Waals surface area contributed by atoms with Gasteiger partial charge in [-0.25, -0.2) is 9.97 Å². The summed E-state index contributed by atoms with van der Waals surface area (Å²) in [5.74, 6) is 0.411. The molecule has 0 bridgehead atoms. The Morgan fingerprint density at radius 1 is 1.44 bits per heavy atom. The average molecular weight is 240 g/mol. The van der Waals surface area contributed by atoms with Crippen LogP contribution in [0.2, 0.25) is 0 Å². The summed E-state index contributed by atoms with van der Waals surface area (Å²) in [6, 6.07) is 0. The molecule has 0 aliphatic carbocycles. The molecule has 0 atom stereocenters. The first-order chi connectivity index (χ1) is 7.61. The van der Waals surface area contributed by atoms with Gasteiger partial charge in [0.05, 0.1) is 6.61 Å². The van der Waals surface area contributed by atoms with Gasteiger partial charge in [-0.1, -0.05) is 12.2 Å². The van der Waals surface area contributed by atoms with Crippen molar-refractivity contribution in [2.24, 2.45) is 5.73 Å². The lowest BCUT2D eigenvalue weighted by molar-refractivity contribution is 0.272. The van der Waals surface area contributed by atoms with E-state index in [0.29, 0.717) is 18.2 Å². The molecule has 0 radical (unpaired) electrons. The topological polar surface area (TPSA) is 64.3 Å². The molecule has 0 spiro atoms. The summed E-state index contributed by atoms with van der Waals surface area (Å²) >= 11 is 4.86. The second-order valence-corrected chi connectivity index (χ2v) is 4.02. The van der Waals surface area contributed by atoms with Crippen LogP contribution >= 0.6 is 12.2 Å². The number of thiocarbonyl (C=S) groups is 1. The minimum absolute atomic E-state index is 0.204. The highest BCUT2D eigenvalue weighted by molar-refractivity contribution is 7.80. The molecule has 0 fully saturated rings. The van der Waals surface area contributed by atoms with Crippen molar-refractivity contribution in [1.82, 2.24) is 14.9 Å². The molecule has 0 amide bonds. The van der Waals surface area contributed by atoms with Crippen molar-refractivity contribution in [3.63, 3.8) is 0 Å². The Kier molecular flexibility index (Phi) is 5.07. The Bertz CT molecular complexity index is 356. The minimum atomic E-state index is 0.204. The van der Waals surface area contributed by atoms with Crippen molar-refractivity contribution >= 4 is 17.2 Å². The van der Waals surface area contributed by atoms with E-state index in [4.69, 9.17) is 22.7 Å². The minimum Gasteiger partial charge on any atom is -0.476 e. The predicted octanol–water partition coefficient (Wildman–Crippen LogP) is 0.441. The van der Waals surface area contributed by atoms with Gasteiger partial charge in [-0.05, 0) is 20.5 Å². The second-order valence-electron chi connectivity index (χ2n) is 3.58. The largest absolute Gasteiger partial charge is 0.476 e. The van der Waals surface area contributed by atoms with Crippen LogP contribution in [0.4, 0.5) is 0 Å². The van der Waals surface area contributed by atoms with Crippen LogP contribution in [0.5, 0.6) is 5.88 Å². The highest BCUT2D eigenvalue weighted by Gasteiger charge is 2.08. The third-order valence-electron chi connectivity index (χ3n) is 1.89. The van der Waals surface area contributed by atoms with E-state index in [1.807, 2.05) is 14.1 Å². The summed E-state index contributed by atoms with van der Waals surface area (Å²) < 4.78 is 5.48. The third kappa shape index (κ3) is 4.08. The van der Waals surface area contributed by atoms with Gasteiger partial charge in [0, 0.05) is 18.9 Å². The number of nitrogens with two attached hydrogens (primary N) is 1. The molecule has 0 saturated heterocycles. The third-order valence-corrected chi connectivity index (χ3v) is 2.08. The van der Waals surface area contributed by atoms with Crippen molar-refractivity contribution in [3.8, 4) is 5.88 Å². The smallest absolute Gasteiger partial charge is 0.243 e. The molecular formula is C10H16N4OS. The fraction of sp³-hybridized carbons (Fsp3) is 0.500. The van der Waals surface area contributed by atoms with Crippen LogP contribution < -0.4 is 10.5 Å². The van der Waals surface area contributed by atoms with Crippen molar-refractivity contribution in [2.45, 2.75) is 6.42 Å². The second kappa shape index (κ2) is 6.34. The SMILES string of the molecule is CN(C)CCCOc1nccnc1C(N)=S. The normalized spacial score (nSPS) is 10.4. The molecule has 0 saturated carbocycles. The quantitative estimate of drug-likeness (QED) is 0.575. The molecule has 2 N–H and O–H groups in total. The van der Waals surface area contributed by atoms with E-state index in [0.717, 1.165) is 13.0 Å². The number of rotatable bonds is 6. The Hall–Kier alpha value is -1.27. The van der Waals surface area contributed by atoms with Crippen LogP contribution in [-0.4, -0.2) is 47.1 Å². The number of hydrogen-bond donors (Lipinski definition) is 1. The van der Waals surface area contributed by atoms with E-state index in [1.54, 1.807) is 12.4 Å². The molecule has 88 valence electrons. The van der Waals surface area contributed by atoms with Gasteiger partial charge in [-0.15, -0.1) is 0 Å². The van der Waals surface area contributed by atoms with Gasteiger partial charge >= 0.3 is 0 Å². The van der Waals surface area contributed by atoms with Crippen LogP contribution in [-0.2, 0) is 0 Å². The number of nitrogens with zero attached hydrogens (tertiary/aromatic N) is 3. The van der Waals surface area contributed by atoms with Gasteiger partial charge in [0.2, 0.25) is 5.88 Å². The number of ether oxygens (including phenoxy) is 1. The fourth-order valence-corrected chi connectivity index (χ4v) is 1.29. The zero-order chi connectivity index (χ0) is 12.0. The van der Waals surface area contributed by atoms with Gasteiger partial charge in [0.1, 0.15) is 4.99 Å². The fourth-order valence-electron chi connectivity index (χ4n) is 1.15. The monoisotopic (exact) mass is 240 g/mol. The molecule has 0 aromatic carbocycles. The molecule has 6 heteroatoms. The number of hydrogen-bond acceptors (Lipinski definition) is 5. The lowest BCUT2D eigenvalue weighted by Crippen LogP contribution is -2.18. The van der Waals surface area contributed by atoms with E-state index in [-0.39, 0.29) is 4.99 Å². The Balaban J connectivity index is 2.50. The van der Waals surface area contributed by atoms with Crippen LogP contribution in [0.3, 0.4) is 0 Å². The Morgan fingerprint density at radius 3 is 2.75 bits per heavy atom. The lowest BCUT2D eigenvalue weighted by atomic mass is 10.4. The molecule has 0 aliphatic heterocycles. The number of aromatic nitrogens is 2. The molecule has 0 unspecified atom stereocenters. The summed E-state index contributed by atoms with van der Waals surface area (Å²) in [7, 11) is 4.03. The highest BCUT2D eigenvalue weighted by atomic mass is 32.1. The Morgan fingerprint density at radius 2 is 2.12 bits per heavy atom. The van der Waals surface area contributed by atoms with Crippen LogP contribution in [0.15, 0.2) is 12.4 Å². The van der Waals surface area contributed by atoms with Crippen molar-refractivity contribution in [3.05, 3.63) is 18.1 Å². The van der Waals surface area contributed by atoms with E-state index in [2.05, 4.69) is 14.9 Å². The first-order valence-corrected chi connectivity index (χ1v) is 5.40. The summed E-state index contributed by atoms with van der Waals surface area (Å²) in [4.78, 5) is 10.4. The van der Waals surface area contributed by atoms with Gasteiger partial charge in [-0.3, -0.25) is 0 Å². The standard InChI is InChI=1S/C10H16N4OS/c1-14(2)6-3-7-15-10-8(9(11)16)12-4-5-13-10/h4-5H,3,6-7H2,1-2H3,(H2,11,16). The van der Waals surface area contributed by atoms with E-state index in [1.165, 1.54) is 0 Å². The first-order valence-electron chi connectivity index (χ1n) is 4.99. The molecule has 0 aliphatic rings. The zero-order valence-corrected chi connectivity index (χ0v) is 10.3. The summed E-state index contributed by atoms with van der Waals surface area (Å²) in [6.45, 7) is 1.54. The molecule has 1 heterocycles. The van der Waals surface area contributed by atoms with Crippen LogP contribution in [0.25, 0.3) is 0 Å². The predicted molar refractivity (Wildman–Crippen MR) is 66.6 cm³/mol. The maximum atomic E-state index is 5.51. The molecule has 16 heavy (non-hydrogen) atoms. The summed E-state index contributed by atoms with van der Waals surface area (Å²) in [6.07, 6.45) is 4.02. The van der Waals surface area contributed by atoms with Crippen molar-refractivity contribution in [2.75, 3.05) is 27.2 Å². The van der Waals surface area contributed by atoms with E-state index in [9.17, 15) is 0 Å². The van der Waals surface area contributed by atoms with Crippen LogP contribution in [0.1, 0.15) is 12.1 Å². The maximum Gasteiger partial charge on any atom is 0.243 e. The van der Waals surface area contributed by atoms with Gasteiger partial charge < -0.3 is 15.4 Å². The van der Waals surface area contributed by atoms with E-state index < -0.39 is 0 Å². The highest BCUT2D eigenvalue weighted by Crippen LogP contribution is 2.11. The molecule has 1 aromatic heterocycles. The van der Waals surface area contributed by atoms with Gasteiger partial charge in [0.15, 0.2) is 5.69 Å². The van der Waals surface area contributed by atoms with Gasteiger partial charge in [0.25, 0.3) is 0 Å². The molecular weight excluding hydrogens is 224 g/mol. The van der Waals surface area contributed by atoms with Crippen LogP contribution in [0, 0.1) is 0 Å². The Labute approximate surface area is 101 Å². The zero-order valence-electron chi connectivity index (χ0n) is 9.51. The summed E-state index contributed by atoms with van der Waals surface area (Å²) in [5.41, 5.74) is 5.95. The van der Waals surface area contributed by atoms with Gasteiger partial charge in [-0.2, -0.15) is 0 Å². The maximum absolute atomic E-state index is 5.51. The molecule has 5 nitrogen and oxygen atoms in total. The molecule has 1 rings (SSSR count). The summed E-state index contributed by atoms with van der Waals surface area (Å²) in [5, 5.41) is 0. The van der Waals surface area contributed by atoms with E-state index >= 15 is 0 Å². The first kappa shape index (κ1) is 12.8. The van der Waals surface area contributed by atoms with Crippen molar-refractivity contribution in [1.29, 1.82) is 0 Å². The molecule has 1 aromatic rings. The lowest BCUT2D eigenvalue weighted by Gasteiger charge is -2.11. The average Bonchev–Trinajstić information content (AvgIpc) is 2.24. The van der Waals surface area contributed by atoms with Crippen molar-refractivity contribution < 1.29 is 4.74 Å².